The fraction of sp³-hybridized carbons (Fsp3) is 0.107. The fourth-order valence-electron chi connectivity index (χ4n) is 3.94. The second-order valence-electron chi connectivity index (χ2n) is 8.46. The van der Waals surface area contributed by atoms with Crippen LogP contribution in [0.15, 0.2) is 103 Å². The first-order valence-electron chi connectivity index (χ1n) is 11.3. The number of anilines is 1. The Labute approximate surface area is 209 Å². The van der Waals surface area contributed by atoms with Crippen molar-refractivity contribution in [1.29, 1.82) is 0 Å². The van der Waals surface area contributed by atoms with Gasteiger partial charge in [0.25, 0.3) is 0 Å². The number of hydrogen-bond donors (Lipinski definition) is 2. The van der Waals surface area contributed by atoms with E-state index in [0.29, 0.717) is 33.8 Å². The zero-order valence-electron chi connectivity index (χ0n) is 19.3. The molecule has 1 heterocycles. The number of rotatable bonds is 7. The Bertz CT molecular complexity index is 1500. The smallest absolute Gasteiger partial charge is 0.423 e. The van der Waals surface area contributed by atoms with Crippen LogP contribution < -0.4 is 10.1 Å². The summed E-state index contributed by atoms with van der Waals surface area (Å²) in [5.41, 5.74) is -2.05. The van der Waals surface area contributed by atoms with Gasteiger partial charge in [-0.1, -0.05) is 24.3 Å². The largest absolute Gasteiger partial charge is 0.457 e. The molecule has 5 rings (SSSR count). The van der Waals surface area contributed by atoms with Crippen molar-refractivity contribution in [3.63, 3.8) is 0 Å². The lowest BCUT2D eigenvalue weighted by Gasteiger charge is -2.31. The highest BCUT2D eigenvalue weighted by atomic mass is 19.4. The number of aliphatic hydroxyl groups is 1. The van der Waals surface area contributed by atoms with Gasteiger partial charge in [0.05, 0.1) is 23.9 Å². The maximum absolute atomic E-state index is 14.1. The summed E-state index contributed by atoms with van der Waals surface area (Å²) >= 11 is 0. The van der Waals surface area contributed by atoms with Gasteiger partial charge in [-0.15, -0.1) is 0 Å². The molecule has 0 amide bonds. The van der Waals surface area contributed by atoms with E-state index in [2.05, 4.69) is 10.4 Å². The van der Waals surface area contributed by atoms with Crippen molar-refractivity contribution in [1.82, 2.24) is 9.78 Å². The summed E-state index contributed by atoms with van der Waals surface area (Å²) in [6.07, 6.45) is -3.56. The van der Waals surface area contributed by atoms with Gasteiger partial charge in [0.15, 0.2) is 0 Å². The number of para-hydroxylation sites is 1. The monoisotopic (exact) mass is 507 g/mol. The molecular formula is C28H21F4N3O2. The molecule has 0 spiro atoms. The maximum Gasteiger partial charge on any atom is 0.423 e. The van der Waals surface area contributed by atoms with Crippen LogP contribution in [-0.2, 0) is 5.60 Å². The molecule has 1 unspecified atom stereocenters. The Morgan fingerprint density at radius 3 is 2.19 bits per heavy atom. The van der Waals surface area contributed by atoms with Gasteiger partial charge in [0, 0.05) is 11.1 Å². The number of alkyl halides is 3. The molecule has 5 nitrogen and oxygen atoms in total. The predicted molar refractivity (Wildman–Crippen MR) is 132 cm³/mol. The van der Waals surface area contributed by atoms with Crippen molar-refractivity contribution >= 4 is 16.6 Å². The molecule has 1 atom stereocenters. The van der Waals surface area contributed by atoms with E-state index in [9.17, 15) is 22.7 Å². The van der Waals surface area contributed by atoms with E-state index in [1.165, 1.54) is 53.3 Å². The van der Waals surface area contributed by atoms with Gasteiger partial charge in [-0.2, -0.15) is 18.3 Å². The van der Waals surface area contributed by atoms with Crippen LogP contribution in [0.2, 0.25) is 0 Å². The number of nitrogens with one attached hydrogen (secondary N) is 1. The lowest BCUT2D eigenvalue weighted by atomic mass is 9.92. The van der Waals surface area contributed by atoms with Crippen LogP contribution in [0.3, 0.4) is 0 Å². The van der Waals surface area contributed by atoms with Gasteiger partial charge < -0.3 is 15.2 Å². The topological polar surface area (TPSA) is 59.3 Å². The molecule has 0 fully saturated rings. The second-order valence-corrected chi connectivity index (χ2v) is 8.46. The van der Waals surface area contributed by atoms with E-state index in [-0.39, 0.29) is 5.56 Å². The molecule has 0 bridgehead atoms. The van der Waals surface area contributed by atoms with Crippen LogP contribution in [0, 0.1) is 5.82 Å². The molecular weight excluding hydrogens is 486 g/mol. The molecule has 37 heavy (non-hydrogen) atoms. The van der Waals surface area contributed by atoms with Crippen LogP contribution in [-0.4, -0.2) is 27.6 Å². The third-order valence-corrected chi connectivity index (χ3v) is 5.97. The molecule has 9 heteroatoms. The SMILES string of the molecule is OC(CNc1ccc(Oc2ccccc2)cc1)(c1ccc2c(cnn2-c2ccc(F)cc2)c1)C(F)(F)F. The van der Waals surface area contributed by atoms with Gasteiger partial charge in [-0.05, 0) is 78.4 Å². The van der Waals surface area contributed by atoms with Crippen molar-refractivity contribution < 1.29 is 27.4 Å². The van der Waals surface area contributed by atoms with Crippen molar-refractivity contribution in [2.24, 2.45) is 0 Å². The minimum atomic E-state index is -4.96. The Morgan fingerprint density at radius 1 is 0.838 bits per heavy atom. The third kappa shape index (κ3) is 4.99. The van der Waals surface area contributed by atoms with E-state index >= 15 is 0 Å². The first kappa shape index (κ1) is 24.3. The Kier molecular flexibility index (Phi) is 6.31. The zero-order valence-corrected chi connectivity index (χ0v) is 19.3. The highest BCUT2D eigenvalue weighted by Gasteiger charge is 2.55. The molecule has 4 aromatic carbocycles. The molecule has 0 aliphatic carbocycles. The molecule has 0 aliphatic heterocycles. The van der Waals surface area contributed by atoms with Gasteiger partial charge in [0.2, 0.25) is 5.60 Å². The fourth-order valence-corrected chi connectivity index (χ4v) is 3.94. The van der Waals surface area contributed by atoms with Crippen LogP contribution >= 0.6 is 0 Å². The van der Waals surface area contributed by atoms with E-state index in [1.54, 1.807) is 36.4 Å². The molecule has 0 saturated carbocycles. The summed E-state index contributed by atoms with van der Waals surface area (Å²) in [6, 6.07) is 25.0. The number of ether oxygens (including phenoxy) is 1. The lowest BCUT2D eigenvalue weighted by Crippen LogP contribution is -2.47. The third-order valence-electron chi connectivity index (χ3n) is 5.97. The Hall–Kier alpha value is -4.37. The number of aromatic nitrogens is 2. The van der Waals surface area contributed by atoms with Gasteiger partial charge in [-0.3, -0.25) is 0 Å². The summed E-state index contributed by atoms with van der Waals surface area (Å²) in [6.45, 7) is -0.813. The molecule has 0 radical (unpaired) electrons. The normalized spacial score (nSPS) is 13.3. The van der Waals surface area contributed by atoms with Crippen LogP contribution in [0.25, 0.3) is 16.6 Å². The quantitative estimate of drug-likeness (QED) is 0.238. The molecule has 5 aromatic rings. The van der Waals surface area contributed by atoms with Gasteiger partial charge in [0.1, 0.15) is 17.3 Å². The number of fused-ring (bicyclic) bond motifs is 1. The first-order valence-corrected chi connectivity index (χ1v) is 11.3. The van der Waals surface area contributed by atoms with Gasteiger partial charge in [-0.25, -0.2) is 9.07 Å². The van der Waals surface area contributed by atoms with Gasteiger partial charge >= 0.3 is 6.18 Å². The van der Waals surface area contributed by atoms with Crippen molar-refractivity contribution in [2.45, 2.75) is 11.8 Å². The number of hydrogen-bond acceptors (Lipinski definition) is 4. The van der Waals surface area contributed by atoms with E-state index in [1.807, 2.05) is 18.2 Å². The molecule has 0 saturated heterocycles. The molecule has 188 valence electrons. The summed E-state index contributed by atoms with van der Waals surface area (Å²) in [7, 11) is 0. The Morgan fingerprint density at radius 2 is 1.51 bits per heavy atom. The molecule has 2 N–H and O–H groups in total. The standard InChI is InChI=1S/C28H21F4N3O2/c29-21-7-11-23(12-8-21)35-26-15-6-20(16-19(26)17-34-35)27(36,28(30,31)32)18-33-22-9-13-25(14-10-22)37-24-4-2-1-3-5-24/h1-17,33,36H,18H2. The summed E-state index contributed by atoms with van der Waals surface area (Å²) in [5.74, 6) is 0.739. The summed E-state index contributed by atoms with van der Waals surface area (Å²) in [5, 5.41) is 18.2. The van der Waals surface area contributed by atoms with Crippen molar-refractivity contribution in [3.05, 3.63) is 115 Å². The highest BCUT2D eigenvalue weighted by molar-refractivity contribution is 5.81. The predicted octanol–water partition coefficient (Wildman–Crippen LogP) is 6.82. The maximum atomic E-state index is 14.1. The summed E-state index contributed by atoms with van der Waals surface area (Å²) in [4.78, 5) is 0. The number of benzene rings is 4. The van der Waals surface area contributed by atoms with E-state index in [0.717, 1.165) is 0 Å². The number of halogens is 4. The average Bonchev–Trinajstić information content (AvgIpc) is 3.32. The molecule has 1 aromatic heterocycles. The van der Waals surface area contributed by atoms with Crippen LogP contribution in [0.5, 0.6) is 11.5 Å². The van der Waals surface area contributed by atoms with E-state index < -0.39 is 24.1 Å². The lowest BCUT2D eigenvalue weighted by molar-refractivity contribution is -0.260. The summed E-state index contributed by atoms with van der Waals surface area (Å²) < 4.78 is 62.9. The minimum Gasteiger partial charge on any atom is -0.457 e. The van der Waals surface area contributed by atoms with Crippen molar-refractivity contribution in [3.8, 4) is 17.2 Å². The highest BCUT2D eigenvalue weighted by Crippen LogP contribution is 2.40. The number of nitrogens with zero attached hydrogens (tertiary/aromatic N) is 2. The second kappa shape index (κ2) is 9.59. The van der Waals surface area contributed by atoms with Crippen LogP contribution in [0.1, 0.15) is 5.56 Å². The molecule has 0 aliphatic rings. The van der Waals surface area contributed by atoms with Crippen molar-refractivity contribution in [2.75, 3.05) is 11.9 Å². The van der Waals surface area contributed by atoms with E-state index in [4.69, 9.17) is 4.74 Å². The first-order chi connectivity index (χ1) is 17.7. The van der Waals surface area contributed by atoms with Crippen LogP contribution in [0.4, 0.5) is 23.2 Å². The zero-order chi connectivity index (χ0) is 26.0. The minimum absolute atomic E-state index is 0.331. The Balaban J connectivity index is 1.37. The average molecular weight is 507 g/mol.